The molecule has 0 aromatic heterocycles. The molecular weight excluding hydrogens is 368 g/mol. The molecule has 0 radical (unpaired) electrons. The number of methoxy groups -OCH3 is 3. The third kappa shape index (κ3) is 3.53. The SMILES string of the molecule is COc1cc2c(cc1OC)[C@@H]1Cc3ccc(OC)c(CNC(C)=O)c3CN1CC2. The van der Waals surface area contributed by atoms with Gasteiger partial charge in [-0.3, -0.25) is 9.69 Å². The third-order valence-electron chi connectivity index (χ3n) is 6.11. The highest BCUT2D eigenvalue weighted by Crippen LogP contribution is 2.43. The predicted octanol–water partition coefficient (Wildman–Crippen LogP) is 3.00. The van der Waals surface area contributed by atoms with Crippen LogP contribution in [0.2, 0.25) is 0 Å². The Morgan fingerprint density at radius 2 is 1.79 bits per heavy atom. The molecule has 0 spiro atoms. The lowest BCUT2D eigenvalue weighted by atomic mass is 9.82. The van der Waals surface area contributed by atoms with Crippen LogP contribution >= 0.6 is 0 Å². The van der Waals surface area contributed by atoms with Gasteiger partial charge in [-0.1, -0.05) is 6.07 Å². The molecule has 2 heterocycles. The molecular formula is C23H28N2O4. The molecule has 0 fully saturated rings. The van der Waals surface area contributed by atoms with Gasteiger partial charge in [-0.15, -0.1) is 0 Å². The molecule has 0 unspecified atom stereocenters. The summed E-state index contributed by atoms with van der Waals surface area (Å²) in [7, 11) is 5.04. The molecule has 0 saturated carbocycles. The number of amides is 1. The summed E-state index contributed by atoms with van der Waals surface area (Å²) >= 11 is 0. The lowest BCUT2D eigenvalue weighted by molar-refractivity contribution is -0.119. The summed E-state index contributed by atoms with van der Waals surface area (Å²) < 4.78 is 16.6. The Balaban J connectivity index is 1.72. The zero-order chi connectivity index (χ0) is 20.5. The molecule has 2 aliphatic rings. The van der Waals surface area contributed by atoms with E-state index in [1.807, 2.05) is 6.07 Å². The van der Waals surface area contributed by atoms with Gasteiger partial charge < -0.3 is 19.5 Å². The monoisotopic (exact) mass is 396 g/mol. The van der Waals surface area contributed by atoms with E-state index in [9.17, 15) is 4.79 Å². The number of carbonyl (C=O) groups excluding carboxylic acids is 1. The van der Waals surface area contributed by atoms with Crippen LogP contribution in [-0.4, -0.2) is 38.7 Å². The minimum absolute atomic E-state index is 0.0358. The highest BCUT2D eigenvalue weighted by molar-refractivity contribution is 5.73. The molecule has 2 aromatic rings. The van der Waals surface area contributed by atoms with E-state index in [1.54, 1.807) is 28.3 Å². The van der Waals surface area contributed by atoms with Crippen molar-refractivity contribution >= 4 is 5.91 Å². The number of hydrogen-bond donors (Lipinski definition) is 1. The van der Waals surface area contributed by atoms with E-state index in [2.05, 4.69) is 28.4 Å². The van der Waals surface area contributed by atoms with Crippen LogP contribution in [-0.2, 0) is 30.7 Å². The van der Waals surface area contributed by atoms with Gasteiger partial charge in [0.1, 0.15) is 5.75 Å². The van der Waals surface area contributed by atoms with E-state index in [0.29, 0.717) is 12.6 Å². The van der Waals surface area contributed by atoms with E-state index >= 15 is 0 Å². The number of benzene rings is 2. The summed E-state index contributed by atoms with van der Waals surface area (Å²) in [5.41, 5.74) is 6.32. The van der Waals surface area contributed by atoms with Crippen molar-refractivity contribution in [1.29, 1.82) is 0 Å². The van der Waals surface area contributed by atoms with Crippen molar-refractivity contribution in [2.24, 2.45) is 0 Å². The van der Waals surface area contributed by atoms with Crippen LogP contribution in [0, 0.1) is 0 Å². The maximum absolute atomic E-state index is 11.5. The number of hydrogen-bond acceptors (Lipinski definition) is 5. The zero-order valence-corrected chi connectivity index (χ0v) is 17.5. The van der Waals surface area contributed by atoms with Crippen molar-refractivity contribution in [3.63, 3.8) is 0 Å². The van der Waals surface area contributed by atoms with Crippen LogP contribution in [0.15, 0.2) is 24.3 Å². The second-order valence-electron chi connectivity index (χ2n) is 7.64. The van der Waals surface area contributed by atoms with Gasteiger partial charge in [0.2, 0.25) is 5.91 Å². The van der Waals surface area contributed by atoms with Gasteiger partial charge in [0.15, 0.2) is 11.5 Å². The molecule has 4 rings (SSSR count). The number of rotatable bonds is 5. The van der Waals surface area contributed by atoms with Crippen molar-refractivity contribution < 1.29 is 19.0 Å². The van der Waals surface area contributed by atoms with Crippen molar-refractivity contribution in [3.8, 4) is 17.2 Å². The fourth-order valence-corrected chi connectivity index (χ4v) is 4.63. The van der Waals surface area contributed by atoms with Crippen LogP contribution in [0.4, 0.5) is 0 Å². The normalized spacial score (nSPS) is 17.6. The molecule has 29 heavy (non-hydrogen) atoms. The highest BCUT2D eigenvalue weighted by Gasteiger charge is 2.34. The lowest BCUT2D eigenvalue weighted by Gasteiger charge is -2.42. The number of carbonyl (C=O) groups is 1. The smallest absolute Gasteiger partial charge is 0.217 e. The number of nitrogens with zero attached hydrogens (tertiary/aromatic N) is 1. The first-order valence-corrected chi connectivity index (χ1v) is 9.96. The largest absolute Gasteiger partial charge is 0.496 e. The lowest BCUT2D eigenvalue weighted by Crippen LogP contribution is -2.40. The first-order chi connectivity index (χ1) is 14.0. The summed E-state index contributed by atoms with van der Waals surface area (Å²) in [4.78, 5) is 14.0. The quantitative estimate of drug-likeness (QED) is 0.842. The Labute approximate surface area is 171 Å². The molecule has 6 nitrogen and oxygen atoms in total. The molecule has 1 atom stereocenters. The van der Waals surface area contributed by atoms with Gasteiger partial charge in [0, 0.05) is 38.2 Å². The summed E-state index contributed by atoms with van der Waals surface area (Å²) in [6.07, 6.45) is 1.90. The van der Waals surface area contributed by atoms with E-state index < -0.39 is 0 Å². The summed E-state index contributed by atoms with van der Waals surface area (Å²) in [6.45, 7) is 3.87. The molecule has 1 amide bonds. The van der Waals surface area contributed by atoms with Gasteiger partial charge in [-0.05, 0) is 53.3 Å². The third-order valence-corrected chi connectivity index (χ3v) is 6.11. The van der Waals surface area contributed by atoms with E-state index in [0.717, 1.165) is 48.7 Å². The van der Waals surface area contributed by atoms with Crippen LogP contribution in [0.5, 0.6) is 17.2 Å². The fourth-order valence-electron chi connectivity index (χ4n) is 4.63. The predicted molar refractivity (Wildman–Crippen MR) is 111 cm³/mol. The van der Waals surface area contributed by atoms with Gasteiger partial charge in [0.25, 0.3) is 0 Å². The average Bonchev–Trinajstić information content (AvgIpc) is 2.74. The molecule has 6 heteroatoms. The molecule has 2 aliphatic heterocycles. The standard InChI is InChI=1S/C23H28N2O4/c1-14(26)24-12-18-19-13-25-8-7-16-10-22(28-3)23(29-4)11-17(16)20(25)9-15(19)5-6-21(18)27-2/h5-6,10-11,20H,7-9,12-13H2,1-4H3,(H,24,26)/t20-/m0/s1. The first kappa shape index (κ1) is 19.6. The average molecular weight is 396 g/mol. The zero-order valence-electron chi connectivity index (χ0n) is 17.5. The van der Waals surface area contributed by atoms with Crippen LogP contribution < -0.4 is 19.5 Å². The van der Waals surface area contributed by atoms with Gasteiger partial charge in [-0.25, -0.2) is 0 Å². The van der Waals surface area contributed by atoms with Crippen LogP contribution in [0.25, 0.3) is 0 Å². The second-order valence-corrected chi connectivity index (χ2v) is 7.64. The van der Waals surface area contributed by atoms with Crippen molar-refractivity contribution in [3.05, 3.63) is 52.1 Å². The number of fused-ring (bicyclic) bond motifs is 4. The van der Waals surface area contributed by atoms with Crippen molar-refractivity contribution in [1.82, 2.24) is 10.2 Å². The van der Waals surface area contributed by atoms with Crippen molar-refractivity contribution in [2.45, 2.75) is 38.9 Å². The first-order valence-electron chi connectivity index (χ1n) is 9.96. The summed E-state index contributed by atoms with van der Waals surface area (Å²) in [5.74, 6) is 2.37. The molecule has 1 N–H and O–H groups in total. The maximum Gasteiger partial charge on any atom is 0.217 e. The van der Waals surface area contributed by atoms with Crippen LogP contribution in [0.3, 0.4) is 0 Å². The Morgan fingerprint density at radius 3 is 2.48 bits per heavy atom. The van der Waals surface area contributed by atoms with Crippen molar-refractivity contribution in [2.75, 3.05) is 27.9 Å². The molecule has 2 aromatic carbocycles. The fraction of sp³-hybridized carbons (Fsp3) is 0.435. The molecule has 0 saturated heterocycles. The van der Waals surface area contributed by atoms with Gasteiger partial charge in [0.05, 0.1) is 21.3 Å². The number of nitrogens with one attached hydrogen (secondary N) is 1. The van der Waals surface area contributed by atoms with E-state index in [4.69, 9.17) is 14.2 Å². The van der Waals surface area contributed by atoms with Gasteiger partial charge >= 0.3 is 0 Å². The van der Waals surface area contributed by atoms with Crippen LogP contribution in [0.1, 0.15) is 40.8 Å². The topological polar surface area (TPSA) is 60.0 Å². The van der Waals surface area contributed by atoms with E-state index in [-0.39, 0.29) is 5.91 Å². The Kier molecular flexibility index (Phi) is 5.37. The molecule has 154 valence electrons. The minimum Gasteiger partial charge on any atom is -0.496 e. The minimum atomic E-state index is -0.0358. The highest BCUT2D eigenvalue weighted by atomic mass is 16.5. The number of ether oxygens (including phenoxy) is 3. The Hall–Kier alpha value is -2.73. The summed E-state index contributed by atoms with van der Waals surface area (Å²) in [5, 5.41) is 2.93. The maximum atomic E-state index is 11.5. The Bertz CT molecular complexity index is 941. The van der Waals surface area contributed by atoms with Gasteiger partial charge in [-0.2, -0.15) is 0 Å². The van der Waals surface area contributed by atoms with E-state index in [1.165, 1.54) is 22.3 Å². The second kappa shape index (κ2) is 7.95. The molecule has 0 bridgehead atoms. The molecule has 0 aliphatic carbocycles. The summed E-state index contributed by atoms with van der Waals surface area (Å²) in [6, 6.07) is 8.75. The Morgan fingerprint density at radius 1 is 1.07 bits per heavy atom.